The van der Waals surface area contributed by atoms with Gasteiger partial charge in [-0.15, -0.1) is 0 Å². The van der Waals surface area contributed by atoms with Crippen LogP contribution in [0, 0.1) is 0 Å². The molecule has 0 aliphatic rings. The van der Waals surface area contributed by atoms with Gasteiger partial charge in [0, 0.05) is 12.2 Å². The van der Waals surface area contributed by atoms with Crippen LogP contribution >= 0.6 is 0 Å². The standard InChI is InChI=1S/C23H24N2O2/c1-18(23(26)24-16-19-8-4-2-5-9-19)25-21-12-14-22(15-13-21)27-17-20-10-6-3-7-11-20/h2-15,18,25H,16-17H2,1H3,(H,24,26)/t18-/m1/s1. The molecular formula is C23H24N2O2. The summed E-state index contributed by atoms with van der Waals surface area (Å²) in [5, 5.41) is 6.15. The van der Waals surface area contributed by atoms with E-state index in [2.05, 4.69) is 10.6 Å². The van der Waals surface area contributed by atoms with Gasteiger partial charge in [0.05, 0.1) is 0 Å². The number of rotatable bonds is 8. The van der Waals surface area contributed by atoms with Gasteiger partial charge in [-0.1, -0.05) is 60.7 Å². The Morgan fingerprint density at radius 2 is 1.44 bits per heavy atom. The second kappa shape index (κ2) is 9.43. The van der Waals surface area contributed by atoms with Gasteiger partial charge >= 0.3 is 0 Å². The lowest BCUT2D eigenvalue weighted by molar-refractivity contribution is -0.121. The van der Waals surface area contributed by atoms with Gasteiger partial charge in [-0.25, -0.2) is 0 Å². The van der Waals surface area contributed by atoms with E-state index in [0.717, 1.165) is 22.6 Å². The van der Waals surface area contributed by atoms with Crippen molar-refractivity contribution >= 4 is 11.6 Å². The summed E-state index contributed by atoms with van der Waals surface area (Å²) in [6, 6.07) is 27.2. The van der Waals surface area contributed by atoms with Crippen molar-refractivity contribution in [3.8, 4) is 5.75 Å². The number of carbonyl (C=O) groups is 1. The largest absolute Gasteiger partial charge is 0.489 e. The first-order chi connectivity index (χ1) is 13.2. The second-order valence-corrected chi connectivity index (χ2v) is 6.37. The zero-order valence-electron chi connectivity index (χ0n) is 15.4. The minimum atomic E-state index is -0.329. The summed E-state index contributed by atoms with van der Waals surface area (Å²) in [5.74, 6) is 0.758. The third kappa shape index (κ3) is 5.89. The number of ether oxygens (including phenoxy) is 1. The highest BCUT2D eigenvalue weighted by Gasteiger charge is 2.12. The third-order valence-corrected chi connectivity index (χ3v) is 4.19. The molecule has 3 rings (SSSR count). The normalized spacial score (nSPS) is 11.4. The number of hydrogen-bond donors (Lipinski definition) is 2. The van der Waals surface area contributed by atoms with E-state index in [1.165, 1.54) is 0 Å². The fraction of sp³-hybridized carbons (Fsp3) is 0.174. The molecule has 0 heterocycles. The van der Waals surface area contributed by atoms with Crippen molar-refractivity contribution in [2.45, 2.75) is 26.1 Å². The van der Waals surface area contributed by atoms with Crippen molar-refractivity contribution in [2.75, 3.05) is 5.32 Å². The topological polar surface area (TPSA) is 50.4 Å². The lowest BCUT2D eigenvalue weighted by atomic mass is 10.2. The maximum absolute atomic E-state index is 12.2. The maximum atomic E-state index is 12.2. The molecular weight excluding hydrogens is 336 g/mol. The first kappa shape index (κ1) is 18.5. The lowest BCUT2D eigenvalue weighted by Gasteiger charge is -2.16. The van der Waals surface area contributed by atoms with E-state index in [0.29, 0.717) is 13.2 Å². The summed E-state index contributed by atoms with van der Waals surface area (Å²) in [7, 11) is 0. The SMILES string of the molecule is C[C@@H](Nc1ccc(OCc2ccccc2)cc1)C(=O)NCc1ccccc1. The lowest BCUT2D eigenvalue weighted by Crippen LogP contribution is -2.37. The summed E-state index contributed by atoms with van der Waals surface area (Å²) < 4.78 is 5.78. The first-order valence-electron chi connectivity index (χ1n) is 9.06. The highest BCUT2D eigenvalue weighted by molar-refractivity contribution is 5.84. The Kier molecular flexibility index (Phi) is 6.47. The Labute approximate surface area is 160 Å². The van der Waals surface area contributed by atoms with Crippen LogP contribution in [-0.4, -0.2) is 11.9 Å². The molecule has 27 heavy (non-hydrogen) atoms. The Bertz CT molecular complexity index is 833. The third-order valence-electron chi connectivity index (χ3n) is 4.19. The first-order valence-corrected chi connectivity index (χ1v) is 9.06. The van der Waals surface area contributed by atoms with Gasteiger partial charge in [-0.3, -0.25) is 4.79 Å². The molecule has 0 saturated carbocycles. The maximum Gasteiger partial charge on any atom is 0.242 e. The van der Waals surface area contributed by atoms with Gasteiger partial charge in [0.2, 0.25) is 5.91 Å². The van der Waals surface area contributed by atoms with Crippen LogP contribution in [0.5, 0.6) is 5.75 Å². The van der Waals surface area contributed by atoms with Crippen molar-refractivity contribution in [1.29, 1.82) is 0 Å². The Hall–Kier alpha value is -3.27. The fourth-order valence-corrected chi connectivity index (χ4v) is 2.64. The van der Waals surface area contributed by atoms with Gasteiger partial charge in [0.25, 0.3) is 0 Å². The van der Waals surface area contributed by atoms with Gasteiger partial charge in [0.15, 0.2) is 0 Å². The van der Waals surface area contributed by atoms with E-state index in [1.54, 1.807) is 0 Å². The van der Waals surface area contributed by atoms with Gasteiger partial charge in [-0.05, 0) is 42.3 Å². The summed E-state index contributed by atoms with van der Waals surface area (Å²) >= 11 is 0. The highest BCUT2D eigenvalue weighted by Crippen LogP contribution is 2.17. The number of carbonyl (C=O) groups excluding carboxylic acids is 1. The van der Waals surface area contributed by atoms with Crippen LogP contribution in [0.15, 0.2) is 84.9 Å². The predicted octanol–water partition coefficient (Wildman–Crippen LogP) is 4.38. The van der Waals surface area contributed by atoms with Crippen LogP contribution < -0.4 is 15.4 Å². The average Bonchev–Trinajstić information content (AvgIpc) is 2.73. The molecule has 0 bridgehead atoms. The van der Waals surface area contributed by atoms with Gasteiger partial charge < -0.3 is 15.4 Å². The summed E-state index contributed by atoms with van der Waals surface area (Å²) in [6.07, 6.45) is 0. The smallest absolute Gasteiger partial charge is 0.242 e. The zero-order chi connectivity index (χ0) is 18.9. The molecule has 4 nitrogen and oxygen atoms in total. The molecule has 0 aliphatic heterocycles. The summed E-state index contributed by atoms with van der Waals surface area (Å²) in [6.45, 7) is 2.91. The molecule has 3 aromatic rings. The molecule has 138 valence electrons. The molecule has 0 radical (unpaired) electrons. The van der Waals surface area contributed by atoms with Crippen LogP contribution in [0.4, 0.5) is 5.69 Å². The average molecular weight is 360 g/mol. The Morgan fingerprint density at radius 3 is 2.07 bits per heavy atom. The van der Waals surface area contributed by atoms with Crippen molar-refractivity contribution < 1.29 is 9.53 Å². The van der Waals surface area contributed by atoms with Crippen LogP contribution in [0.25, 0.3) is 0 Å². The van der Waals surface area contributed by atoms with E-state index in [9.17, 15) is 4.79 Å². The predicted molar refractivity (Wildman–Crippen MR) is 109 cm³/mol. The van der Waals surface area contributed by atoms with Gasteiger partial charge in [-0.2, -0.15) is 0 Å². The minimum absolute atomic E-state index is 0.0387. The molecule has 0 spiro atoms. The second-order valence-electron chi connectivity index (χ2n) is 6.37. The van der Waals surface area contributed by atoms with Crippen LogP contribution in [-0.2, 0) is 17.9 Å². The van der Waals surface area contributed by atoms with E-state index in [1.807, 2.05) is 91.9 Å². The van der Waals surface area contributed by atoms with Crippen molar-refractivity contribution in [1.82, 2.24) is 5.32 Å². The molecule has 4 heteroatoms. The van der Waals surface area contributed by atoms with E-state index in [-0.39, 0.29) is 11.9 Å². The number of amides is 1. The van der Waals surface area contributed by atoms with E-state index < -0.39 is 0 Å². The number of benzene rings is 3. The summed E-state index contributed by atoms with van der Waals surface area (Å²) in [5.41, 5.74) is 3.09. The number of anilines is 1. The van der Waals surface area contributed by atoms with Crippen molar-refractivity contribution in [3.63, 3.8) is 0 Å². The Morgan fingerprint density at radius 1 is 0.852 bits per heavy atom. The molecule has 0 unspecified atom stereocenters. The molecule has 1 amide bonds. The van der Waals surface area contributed by atoms with E-state index >= 15 is 0 Å². The quantitative estimate of drug-likeness (QED) is 0.627. The molecule has 3 aromatic carbocycles. The van der Waals surface area contributed by atoms with Crippen LogP contribution in [0.1, 0.15) is 18.1 Å². The monoisotopic (exact) mass is 360 g/mol. The fourth-order valence-electron chi connectivity index (χ4n) is 2.64. The molecule has 1 atom stereocenters. The Balaban J connectivity index is 1.46. The molecule has 0 fully saturated rings. The minimum Gasteiger partial charge on any atom is -0.489 e. The molecule has 2 N–H and O–H groups in total. The van der Waals surface area contributed by atoms with Crippen molar-refractivity contribution in [2.24, 2.45) is 0 Å². The summed E-state index contributed by atoms with van der Waals surface area (Å²) in [4.78, 5) is 12.2. The van der Waals surface area contributed by atoms with Crippen LogP contribution in [0.2, 0.25) is 0 Å². The molecule has 0 aromatic heterocycles. The van der Waals surface area contributed by atoms with Crippen LogP contribution in [0.3, 0.4) is 0 Å². The molecule has 0 aliphatic carbocycles. The number of nitrogens with one attached hydrogen (secondary N) is 2. The number of hydrogen-bond acceptors (Lipinski definition) is 3. The highest BCUT2D eigenvalue weighted by atomic mass is 16.5. The van der Waals surface area contributed by atoms with Crippen molar-refractivity contribution in [3.05, 3.63) is 96.1 Å². The molecule has 0 saturated heterocycles. The zero-order valence-corrected chi connectivity index (χ0v) is 15.4. The van der Waals surface area contributed by atoms with Gasteiger partial charge in [0.1, 0.15) is 18.4 Å². The van der Waals surface area contributed by atoms with E-state index in [4.69, 9.17) is 4.74 Å².